The molecule has 1 aromatic heterocycles. The number of nitrogens with one attached hydrogen (secondary N) is 3. The molecule has 1 aromatic carbocycles. The fourth-order valence-corrected chi connectivity index (χ4v) is 3.07. The van der Waals surface area contributed by atoms with E-state index in [9.17, 15) is 4.79 Å². The van der Waals surface area contributed by atoms with Crippen molar-refractivity contribution in [2.45, 2.75) is 66.0 Å². The topological polar surface area (TPSA) is 92.6 Å². The molecule has 32 heavy (non-hydrogen) atoms. The Morgan fingerprint density at radius 2 is 1.91 bits per heavy atom. The maximum absolute atomic E-state index is 11.9. The van der Waals surface area contributed by atoms with Gasteiger partial charge in [-0.3, -0.25) is 10.3 Å². The van der Waals surface area contributed by atoms with E-state index in [0.29, 0.717) is 0 Å². The Morgan fingerprint density at radius 3 is 2.53 bits per heavy atom. The van der Waals surface area contributed by atoms with Gasteiger partial charge in [-0.25, -0.2) is 9.78 Å². The monoisotopic (exact) mass is 442 g/mol. The molecular formula is C24H38N6O2. The highest BCUT2D eigenvalue weighted by molar-refractivity contribution is 5.84. The summed E-state index contributed by atoms with van der Waals surface area (Å²) < 4.78 is 7.44. The zero-order chi connectivity index (χ0) is 23.4. The maximum Gasteiger partial charge on any atom is 0.412 e. The van der Waals surface area contributed by atoms with Gasteiger partial charge < -0.3 is 19.9 Å². The van der Waals surface area contributed by atoms with E-state index in [1.165, 1.54) is 5.56 Å². The van der Waals surface area contributed by atoms with Crippen molar-refractivity contribution in [3.63, 3.8) is 0 Å². The highest BCUT2D eigenvalue weighted by Gasteiger charge is 2.16. The molecule has 2 aromatic rings. The number of hydrogen-bond donors (Lipinski definition) is 3. The predicted molar refractivity (Wildman–Crippen MR) is 130 cm³/mol. The van der Waals surface area contributed by atoms with E-state index in [-0.39, 0.29) is 0 Å². The van der Waals surface area contributed by atoms with E-state index < -0.39 is 11.7 Å². The Kier molecular flexibility index (Phi) is 10.0. The lowest BCUT2D eigenvalue weighted by Crippen LogP contribution is -2.38. The minimum Gasteiger partial charge on any atom is -0.444 e. The number of unbranched alkanes of at least 4 members (excludes halogenated alkanes) is 1. The van der Waals surface area contributed by atoms with Crippen LogP contribution in [0.25, 0.3) is 0 Å². The number of anilines is 1. The first-order chi connectivity index (χ1) is 15.3. The van der Waals surface area contributed by atoms with Crippen molar-refractivity contribution in [2.75, 3.05) is 25.0 Å². The molecule has 0 unspecified atom stereocenters. The molecule has 0 atom stereocenters. The summed E-state index contributed by atoms with van der Waals surface area (Å²) in [4.78, 5) is 20.8. The van der Waals surface area contributed by atoms with Crippen LogP contribution in [-0.2, 0) is 17.7 Å². The van der Waals surface area contributed by atoms with Crippen molar-refractivity contribution in [3.05, 3.63) is 48.0 Å². The summed E-state index contributed by atoms with van der Waals surface area (Å²) in [5.74, 6) is 1.90. The summed E-state index contributed by atoms with van der Waals surface area (Å²) in [5.41, 5.74) is 1.39. The van der Waals surface area contributed by atoms with E-state index in [1.54, 1.807) is 0 Å². The molecule has 0 saturated carbocycles. The zero-order valence-electron chi connectivity index (χ0n) is 20.1. The molecule has 0 spiro atoms. The normalized spacial score (nSPS) is 11.8. The number of ether oxygens (including phenoxy) is 1. The zero-order valence-corrected chi connectivity index (χ0v) is 20.1. The van der Waals surface area contributed by atoms with Crippen LogP contribution in [0.4, 0.5) is 10.5 Å². The molecule has 0 aliphatic carbocycles. The second kappa shape index (κ2) is 12.7. The van der Waals surface area contributed by atoms with Crippen LogP contribution in [0, 0.1) is 6.92 Å². The number of imidazole rings is 1. The minimum absolute atomic E-state index is 0.446. The molecule has 0 bridgehead atoms. The summed E-state index contributed by atoms with van der Waals surface area (Å²) in [6.07, 6.45) is 6.37. The van der Waals surface area contributed by atoms with Crippen LogP contribution in [-0.4, -0.2) is 46.8 Å². The number of hydrogen-bond acceptors (Lipinski definition) is 4. The Labute approximate surface area is 191 Å². The molecule has 8 nitrogen and oxygen atoms in total. The van der Waals surface area contributed by atoms with Crippen LogP contribution in [0.2, 0.25) is 0 Å². The van der Waals surface area contributed by atoms with E-state index in [0.717, 1.165) is 62.9 Å². The van der Waals surface area contributed by atoms with Crippen molar-refractivity contribution >= 4 is 17.7 Å². The third kappa shape index (κ3) is 9.85. The molecule has 3 N–H and O–H groups in total. The number of aromatic nitrogens is 2. The van der Waals surface area contributed by atoms with Crippen molar-refractivity contribution in [3.8, 4) is 0 Å². The number of aliphatic imine (C=N–C) groups is 1. The summed E-state index contributed by atoms with van der Waals surface area (Å²) >= 11 is 0. The molecule has 1 heterocycles. The summed E-state index contributed by atoms with van der Waals surface area (Å²) in [6.45, 7) is 13.0. The fraction of sp³-hybridized carbons (Fsp3) is 0.542. The first-order valence-electron chi connectivity index (χ1n) is 11.4. The predicted octanol–water partition coefficient (Wildman–Crippen LogP) is 4.12. The van der Waals surface area contributed by atoms with Crippen LogP contribution in [0.1, 0.15) is 51.9 Å². The van der Waals surface area contributed by atoms with Crippen LogP contribution >= 0.6 is 0 Å². The lowest BCUT2D eigenvalue weighted by Gasteiger charge is -2.19. The average Bonchev–Trinajstić information content (AvgIpc) is 3.12. The lowest BCUT2D eigenvalue weighted by molar-refractivity contribution is 0.0636. The number of benzene rings is 1. The number of aryl methyl sites for hydroxylation is 2. The van der Waals surface area contributed by atoms with Gasteiger partial charge >= 0.3 is 6.09 Å². The van der Waals surface area contributed by atoms with Crippen LogP contribution in [0.3, 0.4) is 0 Å². The number of amides is 1. The molecule has 8 heteroatoms. The highest BCUT2D eigenvalue weighted by atomic mass is 16.6. The van der Waals surface area contributed by atoms with E-state index >= 15 is 0 Å². The smallest absolute Gasteiger partial charge is 0.412 e. The SMILES string of the molecule is CCNC(=NCCCCn1ccnc1C)NCCc1ccc(NC(=O)OC(C)(C)C)cc1. The van der Waals surface area contributed by atoms with Gasteiger partial charge in [0.15, 0.2) is 5.96 Å². The molecule has 2 rings (SSSR count). The van der Waals surface area contributed by atoms with Gasteiger partial charge in [-0.05, 0) is 71.6 Å². The maximum atomic E-state index is 11.9. The molecule has 176 valence electrons. The van der Waals surface area contributed by atoms with E-state index in [2.05, 4.69) is 37.4 Å². The van der Waals surface area contributed by atoms with Crippen LogP contribution in [0.15, 0.2) is 41.7 Å². The summed E-state index contributed by atoms with van der Waals surface area (Å²) in [6, 6.07) is 7.80. The lowest BCUT2D eigenvalue weighted by atomic mass is 10.1. The van der Waals surface area contributed by atoms with Gasteiger partial charge in [0.2, 0.25) is 0 Å². The highest BCUT2D eigenvalue weighted by Crippen LogP contribution is 2.13. The van der Waals surface area contributed by atoms with E-state index in [4.69, 9.17) is 4.74 Å². The average molecular weight is 443 g/mol. The Morgan fingerprint density at radius 1 is 1.16 bits per heavy atom. The van der Waals surface area contributed by atoms with Crippen molar-refractivity contribution in [1.29, 1.82) is 0 Å². The number of carbonyl (C=O) groups excluding carboxylic acids is 1. The van der Waals surface area contributed by atoms with Gasteiger partial charge in [-0.1, -0.05) is 12.1 Å². The van der Waals surface area contributed by atoms with Crippen molar-refractivity contribution in [1.82, 2.24) is 20.2 Å². The first-order valence-corrected chi connectivity index (χ1v) is 11.4. The molecule has 0 aliphatic rings. The molecule has 0 saturated heterocycles. The van der Waals surface area contributed by atoms with Gasteiger partial charge in [0, 0.05) is 44.3 Å². The number of nitrogens with zero attached hydrogens (tertiary/aromatic N) is 3. The summed E-state index contributed by atoms with van der Waals surface area (Å²) in [5, 5.41) is 9.43. The van der Waals surface area contributed by atoms with Gasteiger partial charge in [-0.15, -0.1) is 0 Å². The number of rotatable bonds is 10. The van der Waals surface area contributed by atoms with Crippen molar-refractivity contribution in [2.24, 2.45) is 4.99 Å². The summed E-state index contributed by atoms with van der Waals surface area (Å²) in [7, 11) is 0. The standard InChI is InChI=1S/C24H38N6O2/c1-6-25-22(27-14-7-8-17-30-18-16-26-19(30)2)28-15-13-20-9-11-21(12-10-20)29-23(31)32-24(3,4)5/h9-12,16,18H,6-8,13-15,17H2,1-5H3,(H,29,31)(H2,25,27,28). The van der Waals surface area contributed by atoms with Gasteiger partial charge in [0.1, 0.15) is 11.4 Å². The van der Waals surface area contributed by atoms with Gasteiger partial charge in [0.05, 0.1) is 0 Å². The second-order valence-corrected chi connectivity index (χ2v) is 8.64. The molecule has 0 fully saturated rings. The number of guanidine groups is 1. The van der Waals surface area contributed by atoms with Gasteiger partial charge in [0.25, 0.3) is 0 Å². The molecule has 1 amide bonds. The largest absolute Gasteiger partial charge is 0.444 e. The quantitative estimate of drug-likeness (QED) is 0.292. The van der Waals surface area contributed by atoms with E-state index in [1.807, 2.05) is 64.4 Å². The third-order valence-electron chi connectivity index (χ3n) is 4.65. The Bertz CT molecular complexity index is 852. The first kappa shape index (κ1) is 25.2. The Balaban J connectivity index is 1.71. The molecule has 0 radical (unpaired) electrons. The van der Waals surface area contributed by atoms with Gasteiger partial charge in [-0.2, -0.15) is 0 Å². The Hall–Kier alpha value is -3.03. The van der Waals surface area contributed by atoms with Crippen molar-refractivity contribution < 1.29 is 9.53 Å². The third-order valence-corrected chi connectivity index (χ3v) is 4.65. The number of carbonyl (C=O) groups is 1. The second-order valence-electron chi connectivity index (χ2n) is 8.64. The minimum atomic E-state index is -0.513. The van der Waals surface area contributed by atoms with Crippen LogP contribution < -0.4 is 16.0 Å². The fourth-order valence-electron chi connectivity index (χ4n) is 3.07. The molecular weight excluding hydrogens is 404 g/mol. The molecule has 0 aliphatic heterocycles. The van der Waals surface area contributed by atoms with Crippen LogP contribution in [0.5, 0.6) is 0 Å².